The highest BCUT2D eigenvalue weighted by Crippen LogP contribution is 2.23. The molecule has 1 aliphatic heterocycles. The van der Waals surface area contributed by atoms with Crippen LogP contribution in [0, 0.1) is 0 Å². The second-order valence-corrected chi connectivity index (χ2v) is 5.32. The lowest BCUT2D eigenvalue weighted by atomic mass is 10.0. The van der Waals surface area contributed by atoms with Crippen molar-refractivity contribution >= 4 is 5.91 Å². The Morgan fingerprint density at radius 2 is 1.95 bits per heavy atom. The number of piperidine rings is 1. The number of hydrogen-bond acceptors (Lipinski definition) is 4. The summed E-state index contributed by atoms with van der Waals surface area (Å²) in [6.45, 7) is 1.42. The average molecular weight is 285 g/mol. The van der Waals surface area contributed by atoms with Crippen molar-refractivity contribution in [3.8, 4) is 0 Å². The van der Waals surface area contributed by atoms with Crippen molar-refractivity contribution in [2.75, 3.05) is 13.1 Å². The number of benzene rings is 1. The summed E-state index contributed by atoms with van der Waals surface area (Å²) in [4.78, 5) is 18.3. The van der Waals surface area contributed by atoms with Crippen LogP contribution in [-0.4, -0.2) is 38.7 Å². The molecule has 0 unspecified atom stereocenters. The zero-order valence-corrected chi connectivity index (χ0v) is 11.8. The Morgan fingerprint density at radius 3 is 2.57 bits per heavy atom. The molecule has 0 radical (unpaired) electrons. The van der Waals surface area contributed by atoms with Crippen molar-refractivity contribution in [1.29, 1.82) is 0 Å². The Kier molecular flexibility index (Phi) is 3.96. The molecule has 2 N–H and O–H groups in total. The SMILES string of the molecule is N[C@H](C(=O)N1CCC(n2cncn2)CC1)c1ccccc1. The summed E-state index contributed by atoms with van der Waals surface area (Å²) in [5, 5.41) is 4.17. The van der Waals surface area contributed by atoms with Gasteiger partial charge in [-0.15, -0.1) is 0 Å². The zero-order chi connectivity index (χ0) is 14.7. The molecule has 1 aliphatic rings. The topological polar surface area (TPSA) is 77.0 Å². The van der Waals surface area contributed by atoms with Gasteiger partial charge in [0.2, 0.25) is 5.91 Å². The smallest absolute Gasteiger partial charge is 0.244 e. The number of rotatable bonds is 3. The third kappa shape index (κ3) is 2.95. The van der Waals surface area contributed by atoms with E-state index in [-0.39, 0.29) is 5.91 Å². The van der Waals surface area contributed by atoms with Gasteiger partial charge in [0, 0.05) is 13.1 Å². The predicted octanol–water partition coefficient (Wildman–Crippen LogP) is 1.14. The molecule has 3 rings (SSSR count). The molecule has 0 bridgehead atoms. The fourth-order valence-corrected chi connectivity index (χ4v) is 2.76. The van der Waals surface area contributed by atoms with Crippen LogP contribution < -0.4 is 5.73 Å². The van der Waals surface area contributed by atoms with E-state index in [1.807, 2.05) is 39.9 Å². The molecule has 1 aromatic heterocycles. The van der Waals surface area contributed by atoms with Crippen LogP contribution in [0.2, 0.25) is 0 Å². The monoisotopic (exact) mass is 285 g/mol. The minimum atomic E-state index is -0.575. The van der Waals surface area contributed by atoms with E-state index >= 15 is 0 Å². The van der Waals surface area contributed by atoms with Gasteiger partial charge in [0.05, 0.1) is 6.04 Å². The Hall–Kier alpha value is -2.21. The lowest BCUT2D eigenvalue weighted by Gasteiger charge is -2.33. The standard InChI is InChI=1S/C15H19N5O/c16-14(12-4-2-1-3-5-12)15(21)19-8-6-13(7-9-19)20-11-17-10-18-20/h1-5,10-11,13-14H,6-9,16H2/t14-/m0/s1. The first kappa shape index (κ1) is 13.8. The normalized spacial score (nSPS) is 17.7. The van der Waals surface area contributed by atoms with Gasteiger partial charge < -0.3 is 10.6 Å². The van der Waals surface area contributed by atoms with Gasteiger partial charge in [-0.25, -0.2) is 9.67 Å². The van der Waals surface area contributed by atoms with Crippen LogP contribution in [0.15, 0.2) is 43.0 Å². The first-order valence-electron chi connectivity index (χ1n) is 7.19. The molecule has 1 amide bonds. The van der Waals surface area contributed by atoms with E-state index in [9.17, 15) is 4.79 Å². The Balaban J connectivity index is 1.60. The molecule has 1 saturated heterocycles. The van der Waals surface area contributed by atoms with Crippen LogP contribution in [0.4, 0.5) is 0 Å². The summed E-state index contributed by atoms with van der Waals surface area (Å²) < 4.78 is 1.87. The molecule has 1 atom stereocenters. The van der Waals surface area contributed by atoms with Gasteiger partial charge in [0.15, 0.2) is 0 Å². The fourth-order valence-electron chi connectivity index (χ4n) is 2.76. The molecule has 6 nitrogen and oxygen atoms in total. The van der Waals surface area contributed by atoms with Crippen LogP contribution in [-0.2, 0) is 4.79 Å². The van der Waals surface area contributed by atoms with Gasteiger partial charge in [-0.2, -0.15) is 5.10 Å². The lowest BCUT2D eigenvalue weighted by Crippen LogP contribution is -2.43. The van der Waals surface area contributed by atoms with E-state index in [1.54, 1.807) is 12.7 Å². The van der Waals surface area contributed by atoms with Gasteiger partial charge in [-0.05, 0) is 18.4 Å². The third-order valence-electron chi connectivity index (χ3n) is 4.01. The highest BCUT2D eigenvalue weighted by molar-refractivity contribution is 5.83. The van der Waals surface area contributed by atoms with Crippen molar-refractivity contribution < 1.29 is 4.79 Å². The zero-order valence-electron chi connectivity index (χ0n) is 11.8. The number of carbonyl (C=O) groups excluding carboxylic acids is 1. The van der Waals surface area contributed by atoms with Crippen LogP contribution in [0.5, 0.6) is 0 Å². The minimum absolute atomic E-state index is 0.00163. The highest BCUT2D eigenvalue weighted by atomic mass is 16.2. The van der Waals surface area contributed by atoms with Gasteiger partial charge in [-0.3, -0.25) is 4.79 Å². The predicted molar refractivity (Wildman–Crippen MR) is 78.2 cm³/mol. The third-order valence-corrected chi connectivity index (χ3v) is 4.01. The summed E-state index contributed by atoms with van der Waals surface area (Å²) in [5.74, 6) is -0.00163. The fraction of sp³-hybridized carbons (Fsp3) is 0.400. The van der Waals surface area contributed by atoms with Gasteiger partial charge in [-0.1, -0.05) is 30.3 Å². The molecule has 1 aromatic carbocycles. The second kappa shape index (κ2) is 6.05. The Bertz CT molecular complexity index is 575. The number of likely N-dealkylation sites (tertiary alicyclic amines) is 1. The number of carbonyl (C=O) groups is 1. The maximum atomic E-state index is 12.5. The number of nitrogens with two attached hydrogens (primary N) is 1. The average Bonchev–Trinajstić information content (AvgIpc) is 3.09. The molecule has 21 heavy (non-hydrogen) atoms. The summed E-state index contributed by atoms with van der Waals surface area (Å²) in [6, 6.07) is 9.26. The molecule has 110 valence electrons. The maximum Gasteiger partial charge on any atom is 0.244 e. The molecule has 0 saturated carbocycles. The van der Waals surface area contributed by atoms with Gasteiger partial charge >= 0.3 is 0 Å². The molecular formula is C15H19N5O. The van der Waals surface area contributed by atoms with E-state index in [1.165, 1.54) is 0 Å². The minimum Gasteiger partial charge on any atom is -0.341 e. The van der Waals surface area contributed by atoms with Crippen molar-refractivity contribution in [1.82, 2.24) is 19.7 Å². The van der Waals surface area contributed by atoms with Crippen LogP contribution in [0.1, 0.15) is 30.5 Å². The first-order chi connectivity index (χ1) is 10.3. The molecule has 0 spiro atoms. The molecule has 2 heterocycles. The largest absolute Gasteiger partial charge is 0.341 e. The van der Waals surface area contributed by atoms with Crippen molar-refractivity contribution in [2.45, 2.75) is 24.9 Å². The highest BCUT2D eigenvalue weighted by Gasteiger charge is 2.27. The Morgan fingerprint density at radius 1 is 1.24 bits per heavy atom. The summed E-state index contributed by atoms with van der Waals surface area (Å²) in [7, 11) is 0. The first-order valence-corrected chi connectivity index (χ1v) is 7.19. The molecule has 6 heteroatoms. The molecule has 2 aromatic rings. The molecular weight excluding hydrogens is 266 g/mol. The summed E-state index contributed by atoms with van der Waals surface area (Å²) in [5.41, 5.74) is 6.94. The van der Waals surface area contributed by atoms with Crippen LogP contribution in [0.3, 0.4) is 0 Å². The van der Waals surface area contributed by atoms with Crippen molar-refractivity contribution in [2.24, 2.45) is 5.73 Å². The Labute approximate surface area is 123 Å². The van der Waals surface area contributed by atoms with E-state index in [0.29, 0.717) is 19.1 Å². The molecule has 0 aliphatic carbocycles. The number of aromatic nitrogens is 3. The van der Waals surface area contributed by atoms with E-state index in [0.717, 1.165) is 18.4 Å². The van der Waals surface area contributed by atoms with Crippen molar-refractivity contribution in [3.63, 3.8) is 0 Å². The quantitative estimate of drug-likeness (QED) is 0.917. The second-order valence-electron chi connectivity index (χ2n) is 5.32. The van der Waals surface area contributed by atoms with E-state index < -0.39 is 6.04 Å². The van der Waals surface area contributed by atoms with E-state index in [4.69, 9.17) is 5.73 Å². The van der Waals surface area contributed by atoms with Gasteiger partial charge in [0.1, 0.15) is 18.7 Å². The van der Waals surface area contributed by atoms with Crippen LogP contribution >= 0.6 is 0 Å². The summed E-state index contributed by atoms with van der Waals surface area (Å²) >= 11 is 0. The number of amides is 1. The lowest BCUT2D eigenvalue weighted by molar-refractivity contribution is -0.134. The summed E-state index contributed by atoms with van der Waals surface area (Å²) in [6.07, 6.45) is 5.05. The van der Waals surface area contributed by atoms with Crippen LogP contribution in [0.25, 0.3) is 0 Å². The van der Waals surface area contributed by atoms with Crippen molar-refractivity contribution in [3.05, 3.63) is 48.5 Å². The van der Waals surface area contributed by atoms with Gasteiger partial charge in [0.25, 0.3) is 0 Å². The number of hydrogen-bond donors (Lipinski definition) is 1. The molecule has 1 fully saturated rings. The maximum absolute atomic E-state index is 12.5. The number of nitrogens with zero attached hydrogens (tertiary/aromatic N) is 4. The van der Waals surface area contributed by atoms with E-state index in [2.05, 4.69) is 10.1 Å².